The van der Waals surface area contributed by atoms with Crippen LogP contribution in [0.15, 0.2) is 41.4 Å². The lowest BCUT2D eigenvalue weighted by Gasteiger charge is -2.16. The monoisotopic (exact) mass is 378 g/mol. The van der Waals surface area contributed by atoms with Gasteiger partial charge in [-0.25, -0.2) is 0 Å². The highest BCUT2D eigenvalue weighted by Crippen LogP contribution is 2.42. The lowest BCUT2D eigenvalue weighted by molar-refractivity contribution is 0.324. The second-order valence-electron chi connectivity index (χ2n) is 4.71. The molecule has 0 radical (unpaired) electrons. The average Bonchev–Trinajstić information content (AvgIpc) is 2.59. The molecule has 0 atom stereocenters. The van der Waals surface area contributed by atoms with Crippen LogP contribution >= 0.6 is 15.9 Å². The van der Waals surface area contributed by atoms with Crippen LogP contribution in [0.1, 0.15) is 11.1 Å². The highest BCUT2D eigenvalue weighted by Gasteiger charge is 2.17. The largest absolute Gasteiger partial charge is 0.496 e. The maximum atomic E-state index is 5.40. The second kappa shape index (κ2) is 7.42. The fraction of sp³-hybridized carbons (Fsp3) is 0.222. The lowest BCUT2D eigenvalue weighted by Crippen LogP contribution is -1.98. The third-order valence-corrected chi connectivity index (χ3v) is 4.34. The fourth-order valence-corrected chi connectivity index (χ4v) is 2.98. The molecule has 0 unspecified atom stereocenters. The molecule has 4 nitrogen and oxygen atoms in total. The maximum Gasteiger partial charge on any atom is 0.203 e. The minimum atomic E-state index is 0.552. The van der Waals surface area contributed by atoms with Gasteiger partial charge in [0.05, 0.1) is 32.9 Å². The number of hydrogen-bond acceptors (Lipinski definition) is 4. The maximum absolute atomic E-state index is 5.40. The second-order valence-corrected chi connectivity index (χ2v) is 5.51. The third-order valence-electron chi connectivity index (χ3n) is 3.52. The minimum absolute atomic E-state index is 0.552. The zero-order valence-electron chi connectivity index (χ0n) is 13.6. The van der Waals surface area contributed by atoms with Crippen molar-refractivity contribution >= 4 is 21.5 Å². The first-order chi connectivity index (χ1) is 11.1. The number of halogens is 1. The molecule has 0 bridgehead atoms. The predicted octanol–water partition coefficient (Wildman–Crippen LogP) is 4.55. The molecule has 0 saturated heterocycles. The third kappa shape index (κ3) is 3.29. The molecule has 0 saturated carbocycles. The Morgan fingerprint density at radius 2 is 1.43 bits per heavy atom. The van der Waals surface area contributed by atoms with E-state index in [1.165, 1.54) is 0 Å². The van der Waals surface area contributed by atoms with Gasteiger partial charge in [-0.15, -0.1) is 0 Å². The first-order valence-corrected chi connectivity index (χ1v) is 7.68. The Morgan fingerprint density at radius 1 is 0.870 bits per heavy atom. The number of hydrogen-bond donors (Lipinski definition) is 0. The van der Waals surface area contributed by atoms with Crippen LogP contribution in [0, 0.1) is 0 Å². The number of methoxy groups -OCH3 is 4. The van der Waals surface area contributed by atoms with Crippen molar-refractivity contribution in [3.05, 3.63) is 52.5 Å². The molecule has 2 aromatic rings. The molecule has 0 amide bonds. The van der Waals surface area contributed by atoms with Crippen molar-refractivity contribution < 1.29 is 18.9 Å². The lowest BCUT2D eigenvalue weighted by atomic mass is 9.98. The number of benzene rings is 2. The highest BCUT2D eigenvalue weighted by molar-refractivity contribution is 9.10. The Balaban J connectivity index is 2.56. The van der Waals surface area contributed by atoms with Crippen LogP contribution in [0.25, 0.3) is 5.57 Å². The highest BCUT2D eigenvalue weighted by atomic mass is 79.9. The van der Waals surface area contributed by atoms with E-state index in [0.29, 0.717) is 17.2 Å². The summed E-state index contributed by atoms with van der Waals surface area (Å²) in [5, 5.41) is 0. The van der Waals surface area contributed by atoms with Crippen LogP contribution in [0.3, 0.4) is 0 Å². The summed E-state index contributed by atoms with van der Waals surface area (Å²) in [4.78, 5) is 0. The standard InChI is InChI=1S/C18H19BrO4/c1-11(13-7-6-8-14(20-2)17(13)19)12-9-15(21-3)18(23-5)16(10-12)22-4/h6-10H,1H2,2-5H3. The molecule has 23 heavy (non-hydrogen) atoms. The minimum Gasteiger partial charge on any atom is -0.496 e. The van der Waals surface area contributed by atoms with Crippen molar-refractivity contribution in [1.29, 1.82) is 0 Å². The van der Waals surface area contributed by atoms with Crippen molar-refractivity contribution in [2.75, 3.05) is 28.4 Å². The molecular weight excluding hydrogens is 360 g/mol. The summed E-state index contributed by atoms with van der Waals surface area (Å²) in [7, 11) is 6.39. The van der Waals surface area contributed by atoms with Crippen molar-refractivity contribution in [2.24, 2.45) is 0 Å². The summed E-state index contributed by atoms with van der Waals surface area (Å²) in [6.45, 7) is 4.20. The van der Waals surface area contributed by atoms with E-state index in [-0.39, 0.29) is 0 Å². The molecule has 0 aliphatic heterocycles. The van der Waals surface area contributed by atoms with Crippen LogP contribution < -0.4 is 18.9 Å². The zero-order valence-corrected chi connectivity index (χ0v) is 15.2. The summed E-state index contributed by atoms with van der Waals surface area (Å²) >= 11 is 3.57. The molecule has 0 N–H and O–H groups in total. The van der Waals surface area contributed by atoms with E-state index in [1.54, 1.807) is 28.4 Å². The molecule has 0 heterocycles. The van der Waals surface area contributed by atoms with Gasteiger partial charge in [0.1, 0.15) is 5.75 Å². The SMILES string of the molecule is C=C(c1cc(OC)c(OC)c(OC)c1)c1cccc(OC)c1Br. The summed E-state index contributed by atoms with van der Waals surface area (Å²) < 4.78 is 22.3. The smallest absolute Gasteiger partial charge is 0.203 e. The van der Waals surface area contributed by atoms with E-state index in [2.05, 4.69) is 22.5 Å². The average molecular weight is 379 g/mol. The van der Waals surface area contributed by atoms with E-state index in [4.69, 9.17) is 18.9 Å². The van der Waals surface area contributed by atoms with Crippen LogP contribution in [0.5, 0.6) is 23.0 Å². The van der Waals surface area contributed by atoms with Gasteiger partial charge in [-0.1, -0.05) is 18.7 Å². The molecule has 122 valence electrons. The van der Waals surface area contributed by atoms with Gasteiger partial charge in [0.25, 0.3) is 0 Å². The van der Waals surface area contributed by atoms with Crippen LogP contribution in [-0.4, -0.2) is 28.4 Å². The van der Waals surface area contributed by atoms with E-state index in [0.717, 1.165) is 26.9 Å². The molecule has 2 rings (SSSR count). The van der Waals surface area contributed by atoms with Crippen molar-refractivity contribution in [3.8, 4) is 23.0 Å². The fourth-order valence-electron chi connectivity index (χ4n) is 2.31. The molecule has 0 fully saturated rings. The van der Waals surface area contributed by atoms with E-state index < -0.39 is 0 Å². The molecule has 5 heteroatoms. The van der Waals surface area contributed by atoms with Gasteiger partial charge in [-0.3, -0.25) is 0 Å². The normalized spacial score (nSPS) is 10.1. The predicted molar refractivity (Wildman–Crippen MR) is 94.9 cm³/mol. The van der Waals surface area contributed by atoms with Gasteiger partial charge < -0.3 is 18.9 Å². The summed E-state index contributed by atoms with van der Waals surface area (Å²) in [6, 6.07) is 9.52. The van der Waals surface area contributed by atoms with Crippen molar-refractivity contribution in [1.82, 2.24) is 0 Å². The molecule has 0 aliphatic carbocycles. The van der Waals surface area contributed by atoms with Gasteiger partial charge in [-0.05, 0) is 50.8 Å². The molecule has 0 aliphatic rings. The van der Waals surface area contributed by atoms with Gasteiger partial charge in [0.2, 0.25) is 5.75 Å². The Labute approximate surface area is 144 Å². The van der Waals surface area contributed by atoms with Crippen molar-refractivity contribution in [3.63, 3.8) is 0 Å². The Kier molecular flexibility index (Phi) is 5.55. The Bertz CT molecular complexity index is 700. The Morgan fingerprint density at radius 3 is 1.91 bits per heavy atom. The first kappa shape index (κ1) is 17.2. The van der Waals surface area contributed by atoms with Gasteiger partial charge >= 0.3 is 0 Å². The first-order valence-electron chi connectivity index (χ1n) is 6.89. The number of ether oxygens (including phenoxy) is 4. The van der Waals surface area contributed by atoms with Crippen molar-refractivity contribution in [2.45, 2.75) is 0 Å². The summed E-state index contributed by atoms with van der Waals surface area (Å²) in [5.74, 6) is 2.47. The van der Waals surface area contributed by atoms with Crippen LogP contribution in [0.4, 0.5) is 0 Å². The topological polar surface area (TPSA) is 36.9 Å². The van der Waals surface area contributed by atoms with Gasteiger partial charge in [0.15, 0.2) is 11.5 Å². The van der Waals surface area contributed by atoms with Gasteiger partial charge in [0, 0.05) is 0 Å². The number of rotatable bonds is 6. The van der Waals surface area contributed by atoms with E-state index >= 15 is 0 Å². The van der Waals surface area contributed by atoms with E-state index in [9.17, 15) is 0 Å². The molecular formula is C18H19BrO4. The molecule has 0 aromatic heterocycles. The zero-order chi connectivity index (χ0) is 17.0. The molecule has 0 spiro atoms. The summed E-state index contributed by atoms with van der Waals surface area (Å²) in [5.41, 5.74) is 2.61. The summed E-state index contributed by atoms with van der Waals surface area (Å²) in [6.07, 6.45) is 0. The van der Waals surface area contributed by atoms with Gasteiger partial charge in [-0.2, -0.15) is 0 Å². The quantitative estimate of drug-likeness (QED) is 0.738. The Hall–Kier alpha value is -2.14. The van der Waals surface area contributed by atoms with Crippen LogP contribution in [0.2, 0.25) is 0 Å². The van der Waals surface area contributed by atoms with E-state index in [1.807, 2.05) is 30.3 Å². The van der Waals surface area contributed by atoms with Crippen LogP contribution in [-0.2, 0) is 0 Å². The molecule has 2 aromatic carbocycles.